The molecule has 6 rings (SSSR count). The van der Waals surface area contributed by atoms with Crippen LogP contribution in [0.5, 0.6) is 0 Å². The van der Waals surface area contributed by atoms with Crippen LogP contribution in [0.15, 0.2) is 72.8 Å². The minimum absolute atomic E-state index is 0.260. The average molecular weight is 929 g/mol. The Morgan fingerprint density at radius 1 is 0.373 bits per heavy atom. The van der Waals surface area contributed by atoms with Gasteiger partial charge in [0.25, 0.3) is 0 Å². The molecule has 0 aliphatic heterocycles. The highest BCUT2D eigenvalue weighted by atomic mass is 17.2. The van der Waals surface area contributed by atoms with E-state index in [0.29, 0.717) is 56.3 Å². The van der Waals surface area contributed by atoms with Gasteiger partial charge in [-0.25, -0.2) is 43.7 Å². The summed E-state index contributed by atoms with van der Waals surface area (Å²) in [6, 6.07) is 20.8. The highest BCUT2D eigenvalue weighted by Crippen LogP contribution is 2.48. The summed E-state index contributed by atoms with van der Waals surface area (Å²) in [7, 11) is 0. The first kappa shape index (κ1) is 50.3. The van der Waals surface area contributed by atoms with Crippen LogP contribution < -0.4 is 0 Å². The average Bonchev–Trinajstić information content (AvgIpc) is 3.34. The molecular formula is C52H64O15. The fraction of sp³-hybridized carbons (Fsp3) is 0.538. The van der Waals surface area contributed by atoms with Crippen molar-refractivity contribution >= 4 is 36.4 Å². The number of carbonyl (C=O) groups is 6. The predicted octanol–water partition coefficient (Wildman–Crippen LogP) is 11.9. The fourth-order valence-corrected chi connectivity index (χ4v) is 10.0. The third-order valence-electron chi connectivity index (χ3n) is 13.3. The zero-order valence-corrected chi connectivity index (χ0v) is 38.8. The number of rotatable bonds is 15. The molecule has 0 spiro atoms. The molecule has 0 amide bonds. The van der Waals surface area contributed by atoms with Crippen molar-refractivity contribution in [3.05, 3.63) is 106 Å². The molecule has 3 aliphatic carbocycles. The van der Waals surface area contributed by atoms with E-state index in [1.165, 1.54) is 0 Å². The van der Waals surface area contributed by atoms with Gasteiger partial charge in [-0.2, -0.15) is 14.4 Å². The van der Waals surface area contributed by atoms with Crippen molar-refractivity contribution in [1.82, 2.24) is 0 Å². The molecule has 3 aliphatic rings. The van der Waals surface area contributed by atoms with Crippen molar-refractivity contribution < 1.29 is 72.3 Å². The normalized spacial score (nSPS) is 21.9. The standard InChI is InChI=1S/C52H64O15/c1-4-7-34-10-16-40(17-11-34)47(53)62-65-50(56)59-43-28-22-37(23-29-43)46(38-24-30-44(31-25-38)60-51(57)66-63-48(54)41-18-12-35(8-5-2)13-19-41)39-26-32-45(33-27-39)61-52(58)67-64-49(55)42-20-14-36(9-6-3)15-21-42/h10-21,37-39,43-46H,4-9,22-33H2,1-3H3. The molecule has 0 aromatic heterocycles. The van der Waals surface area contributed by atoms with Crippen LogP contribution in [0.4, 0.5) is 14.4 Å². The SMILES string of the molecule is CCCc1ccc(C(=O)OOC(=O)OC2CCC(C(C3CCC(OC(=O)OOC(=O)c4ccc(CCC)cc4)CC3)C3CCC(OC(=O)OOC(=O)c4ccc(CCC)cc4)CC3)CC2)cc1. The van der Waals surface area contributed by atoms with E-state index in [1.54, 1.807) is 36.4 Å². The zero-order valence-electron chi connectivity index (χ0n) is 38.8. The maximum Gasteiger partial charge on any atom is 0.550 e. The Bertz CT molecular complexity index is 1820. The van der Waals surface area contributed by atoms with Crippen LogP contribution in [-0.2, 0) is 62.8 Å². The van der Waals surface area contributed by atoms with Crippen LogP contribution in [0.1, 0.15) is 165 Å². The largest absolute Gasteiger partial charge is 0.550 e. The van der Waals surface area contributed by atoms with Gasteiger partial charge >= 0.3 is 36.4 Å². The molecule has 0 unspecified atom stereocenters. The van der Waals surface area contributed by atoms with Crippen LogP contribution in [0.2, 0.25) is 0 Å². The molecule has 0 bridgehead atoms. The molecule has 15 nitrogen and oxygen atoms in total. The van der Waals surface area contributed by atoms with E-state index in [-0.39, 0.29) is 22.6 Å². The molecule has 0 N–H and O–H groups in total. The van der Waals surface area contributed by atoms with Gasteiger partial charge in [0.1, 0.15) is 18.3 Å². The molecule has 3 fully saturated rings. The van der Waals surface area contributed by atoms with Gasteiger partial charge in [-0.05, 0) is 173 Å². The quantitative estimate of drug-likeness (QED) is 0.0606. The van der Waals surface area contributed by atoms with E-state index in [2.05, 4.69) is 20.8 Å². The van der Waals surface area contributed by atoms with E-state index >= 15 is 0 Å². The number of benzene rings is 3. The van der Waals surface area contributed by atoms with Gasteiger partial charge in [0.2, 0.25) is 0 Å². The monoisotopic (exact) mass is 928 g/mol. The second kappa shape index (κ2) is 25.7. The Balaban J connectivity index is 0.985. The van der Waals surface area contributed by atoms with Crippen molar-refractivity contribution in [3.63, 3.8) is 0 Å². The van der Waals surface area contributed by atoms with Gasteiger partial charge in [-0.15, -0.1) is 0 Å². The lowest BCUT2D eigenvalue weighted by atomic mass is 9.61. The van der Waals surface area contributed by atoms with E-state index in [1.807, 2.05) is 36.4 Å². The first-order valence-corrected chi connectivity index (χ1v) is 24.1. The van der Waals surface area contributed by atoms with Crippen LogP contribution in [0.3, 0.4) is 0 Å². The summed E-state index contributed by atoms with van der Waals surface area (Å²) in [5.74, 6) is -1.19. The Kier molecular flexibility index (Phi) is 19.3. The van der Waals surface area contributed by atoms with Crippen molar-refractivity contribution in [2.24, 2.45) is 23.7 Å². The zero-order chi connectivity index (χ0) is 47.5. The minimum Gasteiger partial charge on any atom is -0.428 e. The van der Waals surface area contributed by atoms with Gasteiger partial charge < -0.3 is 14.2 Å². The fourth-order valence-electron chi connectivity index (χ4n) is 10.0. The second-order valence-electron chi connectivity index (χ2n) is 18.0. The molecular weight excluding hydrogens is 865 g/mol. The molecule has 3 saturated carbocycles. The van der Waals surface area contributed by atoms with Crippen molar-refractivity contribution in [2.75, 3.05) is 0 Å². The number of hydrogen-bond donors (Lipinski definition) is 0. The minimum atomic E-state index is -1.07. The van der Waals surface area contributed by atoms with Gasteiger partial charge in [0.05, 0.1) is 16.7 Å². The van der Waals surface area contributed by atoms with Gasteiger partial charge in [0.15, 0.2) is 0 Å². The van der Waals surface area contributed by atoms with Gasteiger partial charge in [0, 0.05) is 0 Å². The molecule has 3 aromatic carbocycles. The summed E-state index contributed by atoms with van der Waals surface area (Å²) >= 11 is 0. The maximum absolute atomic E-state index is 12.6. The van der Waals surface area contributed by atoms with Crippen molar-refractivity contribution in [3.8, 4) is 0 Å². The molecule has 362 valence electrons. The van der Waals surface area contributed by atoms with E-state index in [0.717, 1.165) is 93.7 Å². The molecule has 0 heterocycles. The van der Waals surface area contributed by atoms with Gasteiger partial charge in [-0.3, -0.25) is 0 Å². The molecule has 0 radical (unpaired) electrons. The molecule has 15 heteroatoms. The van der Waals surface area contributed by atoms with Crippen LogP contribution >= 0.6 is 0 Å². The highest BCUT2D eigenvalue weighted by molar-refractivity contribution is 5.90. The Morgan fingerprint density at radius 2 is 0.612 bits per heavy atom. The summed E-state index contributed by atoms with van der Waals surface area (Å²) < 4.78 is 16.7. The third kappa shape index (κ3) is 15.5. The van der Waals surface area contributed by atoms with E-state index in [9.17, 15) is 28.8 Å². The summed E-state index contributed by atoms with van der Waals surface area (Å²) in [6.07, 6.45) is 9.46. The number of hydrogen-bond acceptors (Lipinski definition) is 15. The summed E-state index contributed by atoms with van der Waals surface area (Å²) in [5, 5.41) is 0. The lowest BCUT2D eigenvalue weighted by Gasteiger charge is -2.45. The first-order chi connectivity index (χ1) is 32.5. The summed E-state index contributed by atoms with van der Waals surface area (Å²) in [6.45, 7) is 6.21. The Labute approximate surface area is 392 Å². The molecule has 0 atom stereocenters. The molecule has 3 aromatic rings. The van der Waals surface area contributed by atoms with E-state index < -0.39 is 54.7 Å². The smallest absolute Gasteiger partial charge is 0.428 e. The highest BCUT2D eigenvalue weighted by Gasteiger charge is 2.42. The van der Waals surface area contributed by atoms with Crippen LogP contribution in [0.25, 0.3) is 0 Å². The Morgan fingerprint density at radius 3 is 0.836 bits per heavy atom. The van der Waals surface area contributed by atoms with Crippen molar-refractivity contribution in [2.45, 2.75) is 155 Å². The van der Waals surface area contributed by atoms with Crippen LogP contribution in [-0.4, -0.2) is 54.7 Å². The van der Waals surface area contributed by atoms with Crippen molar-refractivity contribution in [1.29, 1.82) is 0 Å². The molecule has 0 saturated heterocycles. The Hall–Kier alpha value is -6.12. The first-order valence-electron chi connectivity index (χ1n) is 24.1. The lowest BCUT2D eigenvalue weighted by molar-refractivity contribution is -0.209. The number of carbonyl (C=O) groups excluding carboxylic acids is 6. The number of aryl methyl sites for hydroxylation is 3. The third-order valence-corrected chi connectivity index (χ3v) is 13.3. The predicted molar refractivity (Wildman–Crippen MR) is 241 cm³/mol. The summed E-state index contributed by atoms with van der Waals surface area (Å²) in [5.41, 5.74) is 4.05. The topological polar surface area (TPSA) is 185 Å². The maximum atomic E-state index is 12.6. The summed E-state index contributed by atoms with van der Waals surface area (Å²) in [4.78, 5) is 104. The van der Waals surface area contributed by atoms with Gasteiger partial charge in [-0.1, -0.05) is 76.4 Å². The number of ether oxygens (including phenoxy) is 3. The van der Waals surface area contributed by atoms with Crippen LogP contribution in [0, 0.1) is 23.7 Å². The molecule has 67 heavy (non-hydrogen) atoms. The van der Waals surface area contributed by atoms with E-state index in [4.69, 9.17) is 43.5 Å². The second-order valence-corrected chi connectivity index (χ2v) is 18.0. The lowest BCUT2D eigenvalue weighted by Crippen LogP contribution is -2.39.